The predicted molar refractivity (Wildman–Crippen MR) is 111 cm³/mol. The summed E-state index contributed by atoms with van der Waals surface area (Å²) in [5, 5.41) is 20.4. The fourth-order valence-corrected chi connectivity index (χ4v) is 3.61. The molecule has 1 aromatic carbocycles. The molecule has 0 atom stereocenters. The molecule has 2 aromatic rings. The second kappa shape index (κ2) is 9.09. The molecule has 0 aliphatic rings. The van der Waals surface area contributed by atoms with Gasteiger partial charge in [0.25, 0.3) is 5.13 Å². The van der Waals surface area contributed by atoms with Gasteiger partial charge in [0.2, 0.25) is 15.2 Å². The standard InChI is InChI=1S/C16H25N7O2S2/c1-6-23(7-2)12-8-9-13(14(10-12)22-27(5,24)25)18-20-16-21-19-15(26-16)17-11(3)4/h8-11,22H,6-7H2,1-5H3,(H,17,19). The molecule has 1 aromatic heterocycles. The highest BCUT2D eigenvalue weighted by Crippen LogP contribution is 2.33. The van der Waals surface area contributed by atoms with Gasteiger partial charge < -0.3 is 10.2 Å². The molecule has 0 amide bonds. The first-order valence-electron chi connectivity index (χ1n) is 8.60. The SMILES string of the molecule is CCN(CC)c1ccc(N=Nc2nnc(NC(C)C)s2)c(NS(C)(=O)=O)c1. The fraction of sp³-hybridized carbons (Fsp3) is 0.500. The van der Waals surface area contributed by atoms with Crippen LogP contribution in [-0.4, -0.2) is 44.0 Å². The zero-order chi connectivity index (χ0) is 20.0. The average molecular weight is 412 g/mol. The van der Waals surface area contributed by atoms with E-state index in [9.17, 15) is 8.42 Å². The maximum Gasteiger partial charge on any atom is 0.253 e. The maximum atomic E-state index is 11.7. The molecular weight excluding hydrogens is 386 g/mol. The first-order valence-corrected chi connectivity index (χ1v) is 11.3. The topological polar surface area (TPSA) is 112 Å². The van der Waals surface area contributed by atoms with Crippen molar-refractivity contribution in [2.45, 2.75) is 33.7 Å². The number of hydrogen-bond acceptors (Lipinski definition) is 9. The third kappa shape index (κ3) is 6.43. The molecule has 0 aliphatic carbocycles. The predicted octanol–water partition coefficient (Wildman–Crippen LogP) is 3.99. The van der Waals surface area contributed by atoms with Gasteiger partial charge in [-0.1, -0.05) is 11.3 Å². The zero-order valence-electron chi connectivity index (χ0n) is 16.1. The van der Waals surface area contributed by atoms with Crippen LogP contribution < -0.4 is 14.9 Å². The van der Waals surface area contributed by atoms with E-state index in [1.807, 2.05) is 33.8 Å². The van der Waals surface area contributed by atoms with Crippen molar-refractivity contribution in [1.82, 2.24) is 10.2 Å². The van der Waals surface area contributed by atoms with Crippen LogP contribution in [0.2, 0.25) is 0 Å². The average Bonchev–Trinajstić information content (AvgIpc) is 3.00. The highest BCUT2D eigenvalue weighted by Gasteiger charge is 2.12. The second-order valence-corrected chi connectivity index (χ2v) is 8.84. The number of nitrogens with zero attached hydrogens (tertiary/aromatic N) is 5. The van der Waals surface area contributed by atoms with Crippen LogP contribution in [0.1, 0.15) is 27.7 Å². The van der Waals surface area contributed by atoms with Gasteiger partial charge in [0.1, 0.15) is 5.69 Å². The van der Waals surface area contributed by atoms with Gasteiger partial charge in [-0.05, 0) is 45.9 Å². The molecule has 27 heavy (non-hydrogen) atoms. The second-order valence-electron chi connectivity index (χ2n) is 6.14. The highest BCUT2D eigenvalue weighted by molar-refractivity contribution is 7.92. The van der Waals surface area contributed by atoms with Crippen molar-refractivity contribution in [3.05, 3.63) is 18.2 Å². The minimum atomic E-state index is -3.45. The Morgan fingerprint density at radius 3 is 2.48 bits per heavy atom. The molecule has 2 rings (SSSR count). The number of azo groups is 1. The quantitative estimate of drug-likeness (QED) is 0.603. The molecule has 11 heteroatoms. The van der Waals surface area contributed by atoms with Crippen LogP contribution in [-0.2, 0) is 10.0 Å². The van der Waals surface area contributed by atoms with Crippen molar-refractivity contribution >= 4 is 48.7 Å². The lowest BCUT2D eigenvalue weighted by atomic mass is 10.2. The largest absolute Gasteiger partial charge is 0.372 e. The Bertz CT molecular complexity index is 890. The van der Waals surface area contributed by atoms with Crippen molar-refractivity contribution in [2.75, 3.05) is 34.3 Å². The maximum absolute atomic E-state index is 11.7. The third-order valence-electron chi connectivity index (χ3n) is 3.47. The van der Waals surface area contributed by atoms with Crippen molar-refractivity contribution in [2.24, 2.45) is 10.2 Å². The van der Waals surface area contributed by atoms with E-state index in [1.54, 1.807) is 12.1 Å². The molecule has 0 radical (unpaired) electrons. The van der Waals surface area contributed by atoms with Crippen molar-refractivity contribution in [1.29, 1.82) is 0 Å². The Balaban J connectivity index is 2.32. The van der Waals surface area contributed by atoms with Gasteiger partial charge in [-0.2, -0.15) is 0 Å². The van der Waals surface area contributed by atoms with Crippen LogP contribution in [0.3, 0.4) is 0 Å². The normalized spacial score (nSPS) is 11.9. The summed E-state index contributed by atoms with van der Waals surface area (Å²) < 4.78 is 26.0. The van der Waals surface area contributed by atoms with Crippen LogP contribution in [0.25, 0.3) is 0 Å². The van der Waals surface area contributed by atoms with Crippen molar-refractivity contribution in [3.8, 4) is 0 Å². The molecule has 0 spiro atoms. The van der Waals surface area contributed by atoms with Gasteiger partial charge in [0.05, 0.1) is 11.9 Å². The number of anilines is 3. The molecule has 0 aliphatic heterocycles. The molecule has 9 nitrogen and oxygen atoms in total. The fourth-order valence-electron chi connectivity index (χ4n) is 2.34. The Labute approximate surface area is 164 Å². The molecule has 148 valence electrons. The van der Waals surface area contributed by atoms with Crippen LogP contribution >= 0.6 is 11.3 Å². The van der Waals surface area contributed by atoms with Gasteiger partial charge in [-0.25, -0.2) is 8.42 Å². The molecule has 2 N–H and O–H groups in total. The Hall–Kier alpha value is -2.27. The zero-order valence-corrected chi connectivity index (χ0v) is 17.7. The first kappa shape index (κ1) is 21.0. The van der Waals surface area contributed by atoms with E-state index in [2.05, 4.69) is 35.4 Å². The summed E-state index contributed by atoms with van der Waals surface area (Å²) in [5.41, 5.74) is 1.69. The molecule has 0 bridgehead atoms. The smallest absolute Gasteiger partial charge is 0.253 e. The van der Waals surface area contributed by atoms with Gasteiger partial charge in [-0.3, -0.25) is 4.72 Å². The lowest BCUT2D eigenvalue weighted by Gasteiger charge is -2.22. The van der Waals surface area contributed by atoms with E-state index in [0.29, 0.717) is 21.6 Å². The summed E-state index contributed by atoms with van der Waals surface area (Å²) in [7, 11) is -3.45. The van der Waals surface area contributed by atoms with Crippen LogP contribution in [0, 0.1) is 0 Å². The Morgan fingerprint density at radius 2 is 1.89 bits per heavy atom. The Kier molecular flexibility index (Phi) is 7.08. The lowest BCUT2D eigenvalue weighted by molar-refractivity contribution is 0.607. The number of aromatic nitrogens is 2. The summed E-state index contributed by atoms with van der Waals surface area (Å²) in [6.07, 6.45) is 1.10. The molecule has 0 saturated heterocycles. The van der Waals surface area contributed by atoms with Gasteiger partial charge in [-0.15, -0.1) is 20.4 Å². The van der Waals surface area contributed by atoms with E-state index in [-0.39, 0.29) is 6.04 Å². The van der Waals surface area contributed by atoms with E-state index >= 15 is 0 Å². The summed E-state index contributed by atoms with van der Waals surface area (Å²) in [6.45, 7) is 9.71. The molecule has 0 fully saturated rings. The minimum absolute atomic E-state index is 0.237. The Morgan fingerprint density at radius 1 is 1.19 bits per heavy atom. The number of rotatable bonds is 9. The number of sulfonamides is 1. The van der Waals surface area contributed by atoms with Gasteiger partial charge in [0, 0.05) is 24.8 Å². The molecule has 0 saturated carbocycles. The summed E-state index contributed by atoms with van der Waals surface area (Å²) in [5.74, 6) is 0. The molecular formula is C16H25N7O2S2. The van der Waals surface area contributed by atoms with Crippen molar-refractivity contribution < 1.29 is 8.42 Å². The monoisotopic (exact) mass is 411 g/mol. The summed E-state index contributed by atoms with van der Waals surface area (Å²) in [4.78, 5) is 2.11. The van der Waals surface area contributed by atoms with E-state index in [1.165, 1.54) is 11.3 Å². The number of nitrogens with one attached hydrogen (secondary N) is 2. The molecule has 0 unspecified atom stereocenters. The minimum Gasteiger partial charge on any atom is -0.372 e. The highest BCUT2D eigenvalue weighted by atomic mass is 32.2. The van der Waals surface area contributed by atoms with Gasteiger partial charge >= 0.3 is 0 Å². The number of benzene rings is 1. The van der Waals surface area contributed by atoms with Crippen molar-refractivity contribution in [3.63, 3.8) is 0 Å². The van der Waals surface area contributed by atoms with Gasteiger partial charge in [0.15, 0.2) is 0 Å². The van der Waals surface area contributed by atoms with E-state index < -0.39 is 10.0 Å². The lowest BCUT2D eigenvalue weighted by Crippen LogP contribution is -2.22. The van der Waals surface area contributed by atoms with E-state index in [0.717, 1.165) is 25.0 Å². The number of hydrogen-bond donors (Lipinski definition) is 2. The summed E-state index contributed by atoms with van der Waals surface area (Å²) in [6, 6.07) is 5.62. The van der Waals surface area contributed by atoms with Crippen LogP contribution in [0.15, 0.2) is 28.4 Å². The first-order chi connectivity index (χ1) is 12.7. The van der Waals surface area contributed by atoms with Crippen LogP contribution in [0.4, 0.5) is 27.3 Å². The van der Waals surface area contributed by atoms with E-state index in [4.69, 9.17) is 0 Å². The summed E-state index contributed by atoms with van der Waals surface area (Å²) >= 11 is 1.27. The van der Waals surface area contributed by atoms with Crippen LogP contribution in [0.5, 0.6) is 0 Å². The third-order valence-corrected chi connectivity index (χ3v) is 4.80. The molecule has 1 heterocycles.